The fourth-order valence-electron chi connectivity index (χ4n) is 6.17. The first-order valence-electron chi connectivity index (χ1n) is 10.7. The van der Waals surface area contributed by atoms with Crippen LogP contribution in [0.25, 0.3) is 0 Å². The summed E-state index contributed by atoms with van der Waals surface area (Å²) in [5, 5.41) is 18.2. The second kappa shape index (κ2) is 6.56. The number of piperidine rings is 1. The lowest BCUT2D eigenvalue weighted by atomic mass is 9.53. The van der Waals surface area contributed by atoms with E-state index in [2.05, 4.69) is 54.0 Å². The third-order valence-electron chi connectivity index (χ3n) is 7.43. The van der Waals surface area contributed by atoms with Gasteiger partial charge in [-0.25, -0.2) is 0 Å². The van der Waals surface area contributed by atoms with Gasteiger partial charge in [0, 0.05) is 17.1 Å². The minimum atomic E-state index is 0.291. The lowest BCUT2D eigenvalue weighted by Gasteiger charge is -2.56. The van der Waals surface area contributed by atoms with E-state index in [1.54, 1.807) is 0 Å². The second-order valence-corrected chi connectivity index (χ2v) is 8.69. The fraction of sp³-hybridized carbons (Fsp3) is 0.500. The predicted molar refractivity (Wildman–Crippen MR) is 111 cm³/mol. The molecule has 2 fully saturated rings. The smallest absolute Gasteiger partial charge is 0.139 e. The van der Waals surface area contributed by atoms with E-state index in [-0.39, 0.29) is 0 Å². The lowest BCUT2D eigenvalue weighted by Crippen LogP contribution is -2.59. The first-order chi connectivity index (χ1) is 13.2. The first-order valence-corrected chi connectivity index (χ1v) is 10.7. The zero-order valence-corrected chi connectivity index (χ0v) is 16.2. The molecule has 1 saturated heterocycles. The standard InChI is InChI=1S/C24H30N2O/c1-2-16-7-3-4-9-20(16)26-22-14-17-13-21-18-8-5-6-10-24(18,11-12-25-21)19(17)15-23(22)27/h3-4,7,9,14-15,18,21,25-27H,2,5-6,8,10-13H2,1H3/t18-,21+,24+/m1/s1. The van der Waals surface area contributed by atoms with E-state index >= 15 is 0 Å². The molecular formula is C24H30N2O. The van der Waals surface area contributed by atoms with Crippen LogP contribution in [0.3, 0.4) is 0 Å². The van der Waals surface area contributed by atoms with Crippen LogP contribution < -0.4 is 10.6 Å². The molecule has 2 bridgehead atoms. The molecule has 3 nitrogen and oxygen atoms in total. The molecule has 2 aliphatic carbocycles. The summed E-state index contributed by atoms with van der Waals surface area (Å²) >= 11 is 0. The van der Waals surface area contributed by atoms with Crippen LogP contribution in [0.5, 0.6) is 5.75 Å². The number of benzene rings is 2. The average molecular weight is 363 g/mol. The number of anilines is 2. The average Bonchev–Trinajstić information content (AvgIpc) is 2.70. The topological polar surface area (TPSA) is 44.3 Å². The number of aromatic hydroxyl groups is 1. The number of fused-ring (bicyclic) bond motifs is 1. The Labute approximate surface area is 162 Å². The summed E-state index contributed by atoms with van der Waals surface area (Å²) < 4.78 is 0. The van der Waals surface area contributed by atoms with E-state index in [0.29, 0.717) is 17.2 Å². The van der Waals surface area contributed by atoms with E-state index in [1.807, 2.05) is 0 Å². The van der Waals surface area contributed by atoms with Gasteiger partial charge in [-0.3, -0.25) is 0 Å². The summed E-state index contributed by atoms with van der Waals surface area (Å²) in [6, 6.07) is 13.3. The van der Waals surface area contributed by atoms with Crippen molar-refractivity contribution in [3.63, 3.8) is 0 Å². The number of para-hydroxylation sites is 1. The summed E-state index contributed by atoms with van der Waals surface area (Å²) in [5.41, 5.74) is 6.38. The maximum atomic E-state index is 10.9. The minimum Gasteiger partial charge on any atom is -0.506 e. The van der Waals surface area contributed by atoms with Gasteiger partial charge in [-0.15, -0.1) is 0 Å². The zero-order chi connectivity index (χ0) is 18.4. The summed E-state index contributed by atoms with van der Waals surface area (Å²) in [7, 11) is 0. The van der Waals surface area contributed by atoms with Crippen LogP contribution in [0.2, 0.25) is 0 Å². The van der Waals surface area contributed by atoms with Crippen molar-refractivity contribution in [3.05, 3.63) is 53.1 Å². The highest BCUT2D eigenvalue weighted by atomic mass is 16.3. The van der Waals surface area contributed by atoms with Crippen molar-refractivity contribution in [2.24, 2.45) is 5.92 Å². The van der Waals surface area contributed by atoms with Crippen molar-refractivity contribution < 1.29 is 5.11 Å². The van der Waals surface area contributed by atoms with E-state index in [1.165, 1.54) is 48.8 Å². The van der Waals surface area contributed by atoms with Crippen LogP contribution in [0, 0.1) is 5.92 Å². The Morgan fingerprint density at radius 3 is 2.93 bits per heavy atom. The van der Waals surface area contributed by atoms with Crippen molar-refractivity contribution in [1.82, 2.24) is 5.32 Å². The molecule has 0 aromatic heterocycles. The fourth-order valence-corrected chi connectivity index (χ4v) is 6.17. The third kappa shape index (κ3) is 2.67. The van der Waals surface area contributed by atoms with Gasteiger partial charge in [0.2, 0.25) is 0 Å². The number of phenols is 1. The van der Waals surface area contributed by atoms with E-state index < -0.39 is 0 Å². The van der Waals surface area contributed by atoms with Gasteiger partial charge >= 0.3 is 0 Å². The van der Waals surface area contributed by atoms with Crippen LogP contribution in [-0.2, 0) is 18.3 Å². The van der Waals surface area contributed by atoms with E-state index in [4.69, 9.17) is 0 Å². The first kappa shape index (κ1) is 17.1. The van der Waals surface area contributed by atoms with Crippen LogP contribution >= 0.6 is 0 Å². The molecule has 0 radical (unpaired) electrons. The molecule has 1 saturated carbocycles. The van der Waals surface area contributed by atoms with E-state index in [9.17, 15) is 5.11 Å². The normalized spacial score (nSPS) is 28.9. The summed E-state index contributed by atoms with van der Waals surface area (Å²) in [4.78, 5) is 0. The molecule has 0 amide bonds. The quantitative estimate of drug-likeness (QED) is 0.670. The highest BCUT2D eigenvalue weighted by Crippen LogP contribution is 2.55. The van der Waals surface area contributed by atoms with Crippen molar-refractivity contribution >= 4 is 11.4 Å². The molecular weight excluding hydrogens is 332 g/mol. The number of hydrogen-bond acceptors (Lipinski definition) is 3. The highest BCUT2D eigenvalue weighted by molar-refractivity contribution is 5.70. The Balaban J connectivity index is 1.56. The Bertz CT molecular complexity index is 857. The summed E-state index contributed by atoms with van der Waals surface area (Å²) in [5.74, 6) is 1.14. The number of rotatable bonds is 3. The van der Waals surface area contributed by atoms with Crippen LogP contribution in [0.15, 0.2) is 36.4 Å². The van der Waals surface area contributed by atoms with Gasteiger partial charge in [0.05, 0.1) is 5.69 Å². The summed E-state index contributed by atoms with van der Waals surface area (Å²) in [6.45, 7) is 3.29. The maximum Gasteiger partial charge on any atom is 0.139 e. The van der Waals surface area contributed by atoms with Crippen LogP contribution in [0.1, 0.15) is 55.7 Å². The van der Waals surface area contributed by atoms with Gasteiger partial charge in [-0.05, 0) is 79.5 Å². The lowest BCUT2D eigenvalue weighted by molar-refractivity contribution is 0.0796. The minimum absolute atomic E-state index is 0.291. The molecule has 3 aliphatic rings. The molecule has 3 N–H and O–H groups in total. The van der Waals surface area contributed by atoms with Crippen LogP contribution in [0.4, 0.5) is 11.4 Å². The van der Waals surface area contributed by atoms with Gasteiger partial charge in [0.15, 0.2) is 0 Å². The number of nitrogens with one attached hydrogen (secondary N) is 2. The molecule has 2 aromatic rings. The van der Waals surface area contributed by atoms with Crippen molar-refractivity contribution in [3.8, 4) is 5.75 Å². The van der Waals surface area contributed by atoms with Gasteiger partial charge in [-0.2, -0.15) is 0 Å². The Morgan fingerprint density at radius 1 is 1.15 bits per heavy atom. The third-order valence-corrected chi connectivity index (χ3v) is 7.43. The molecule has 0 spiro atoms. The zero-order valence-electron chi connectivity index (χ0n) is 16.2. The monoisotopic (exact) mass is 362 g/mol. The number of aryl methyl sites for hydroxylation is 1. The Hall–Kier alpha value is -2.00. The molecule has 1 aliphatic heterocycles. The second-order valence-electron chi connectivity index (χ2n) is 8.69. The van der Waals surface area contributed by atoms with Crippen molar-refractivity contribution in [1.29, 1.82) is 0 Å². The van der Waals surface area contributed by atoms with Gasteiger partial charge in [-0.1, -0.05) is 38.0 Å². The molecule has 1 heterocycles. The van der Waals surface area contributed by atoms with Gasteiger partial charge < -0.3 is 15.7 Å². The van der Waals surface area contributed by atoms with Gasteiger partial charge in [0.1, 0.15) is 5.75 Å². The Kier molecular flexibility index (Phi) is 4.16. The SMILES string of the molecule is CCc1ccccc1Nc1cc2c(cc1O)[C@]13CCCC[C@@H]1[C@H](C2)NCC3. The summed E-state index contributed by atoms with van der Waals surface area (Å²) in [6.07, 6.45) is 8.59. The highest BCUT2D eigenvalue weighted by Gasteiger charge is 2.51. The molecule has 3 heteroatoms. The largest absolute Gasteiger partial charge is 0.506 e. The number of phenolic OH excluding ortho intramolecular Hbond substituents is 1. The molecule has 3 atom stereocenters. The molecule has 5 rings (SSSR count). The van der Waals surface area contributed by atoms with Crippen molar-refractivity contribution in [2.75, 3.05) is 11.9 Å². The van der Waals surface area contributed by atoms with E-state index in [0.717, 1.165) is 36.7 Å². The number of hydrogen-bond donors (Lipinski definition) is 3. The van der Waals surface area contributed by atoms with Crippen molar-refractivity contribution in [2.45, 2.75) is 63.3 Å². The molecule has 2 aromatic carbocycles. The van der Waals surface area contributed by atoms with Crippen LogP contribution in [-0.4, -0.2) is 17.7 Å². The van der Waals surface area contributed by atoms with Gasteiger partial charge in [0.25, 0.3) is 0 Å². The predicted octanol–water partition coefficient (Wildman–Crippen LogP) is 5.04. The molecule has 27 heavy (non-hydrogen) atoms. The maximum absolute atomic E-state index is 10.9. The molecule has 142 valence electrons. The Morgan fingerprint density at radius 2 is 2.04 bits per heavy atom. The molecule has 0 unspecified atom stereocenters.